The molecule has 0 fully saturated rings. The molecule has 5 nitrogen and oxygen atoms in total. The van der Waals surface area contributed by atoms with Crippen molar-refractivity contribution in [1.29, 1.82) is 0 Å². The number of nitrogens with zero attached hydrogens (tertiary/aromatic N) is 4. The van der Waals surface area contributed by atoms with Gasteiger partial charge in [-0.2, -0.15) is 4.98 Å². The summed E-state index contributed by atoms with van der Waals surface area (Å²) in [7, 11) is 1.86. The van der Waals surface area contributed by atoms with Crippen LogP contribution in [0.2, 0.25) is 0 Å². The van der Waals surface area contributed by atoms with E-state index in [1.54, 1.807) is 10.7 Å². The van der Waals surface area contributed by atoms with Gasteiger partial charge in [-0.25, -0.2) is 9.50 Å². The topological polar surface area (TPSA) is 55.1 Å². The lowest BCUT2D eigenvalue weighted by Gasteiger charge is -1.89. The second-order valence-electron chi connectivity index (χ2n) is 2.58. The molecule has 2 aromatic heterocycles. The Morgan fingerprint density at radius 3 is 3.23 bits per heavy atom. The Labute approximate surface area is 83.3 Å². The van der Waals surface area contributed by atoms with E-state index >= 15 is 0 Å². The van der Waals surface area contributed by atoms with Gasteiger partial charge in [-0.1, -0.05) is 0 Å². The number of rotatable bonds is 2. The molecular weight excluding hydrogens is 234 g/mol. The van der Waals surface area contributed by atoms with Crippen molar-refractivity contribution in [3.05, 3.63) is 22.7 Å². The largest absolute Gasteiger partial charge is 0.313 e. The van der Waals surface area contributed by atoms with Crippen LogP contribution in [-0.2, 0) is 6.54 Å². The summed E-state index contributed by atoms with van der Waals surface area (Å²) < 4.78 is 2.54. The highest BCUT2D eigenvalue weighted by atomic mass is 79.9. The van der Waals surface area contributed by atoms with E-state index in [0.29, 0.717) is 12.3 Å². The number of hydrogen-bond acceptors (Lipinski definition) is 4. The molecule has 2 rings (SSSR count). The minimum Gasteiger partial charge on any atom is -0.313 e. The van der Waals surface area contributed by atoms with Crippen molar-refractivity contribution in [2.45, 2.75) is 6.54 Å². The van der Waals surface area contributed by atoms with Crippen LogP contribution in [0.4, 0.5) is 0 Å². The molecule has 0 aliphatic rings. The predicted octanol–water partition coefficient (Wildman–Crippen LogP) is 0.606. The zero-order valence-electron chi connectivity index (χ0n) is 7.03. The van der Waals surface area contributed by atoms with Crippen molar-refractivity contribution in [3.8, 4) is 0 Å². The SMILES string of the molecule is CNCc1nc2ncc(Br)cn2n1. The van der Waals surface area contributed by atoms with E-state index in [2.05, 4.69) is 36.3 Å². The molecule has 6 heteroatoms. The molecule has 0 aliphatic heterocycles. The fourth-order valence-electron chi connectivity index (χ4n) is 1.04. The van der Waals surface area contributed by atoms with Gasteiger partial charge in [0.05, 0.1) is 11.0 Å². The first-order valence-electron chi connectivity index (χ1n) is 3.81. The van der Waals surface area contributed by atoms with Gasteiger partial charge in [-0.15, -0.1) is 5.10 Å². The van der Waals surface area contributed by atoms with E-state index in [0.717, 1.165) is 10.3 Å². The number of aromatic nitrogens is 4. The molecule has 0 saturated heterocycles. The van der Waals surface area contributed by atoms with Gasteiger partial charge < -0.3 is 5.32 Å². The van der Waals surface area contributed by atoms with Crippen LogP contribution in [0.25, 0.3) is 5.78 Å². The zero-order chi connectivity index (χ0) is 9.26. The lowest BCUT2D eigenvalue weighted by Crippen LogP contribution is -2.06. The van der Waals surface area contributed by atoms with E-state index < -0.39 is 0 Å². The van der Waals surface area contributed by atoms with Crippen molar-refractivity contribution in [2.24, 2.45) is 0 Å². The number of fused-ring (bicyclic) bond motifs is 1. The van der Waals surface area contributed by atoms with Crippen molar-refractivity contribution in [1.82, 2.24) is 24.9 Å². The highest BCUT2D eigenvalue weighted by molar-refractivity contribution is 9.10. The molecule has 0 saturated carbocycles. The van der Waals surface area contributed by atoms with Crippen molar-refractivity contribution >= 4 is 21.7 Å². The summed E-state index contributed by atoms with van der Waals surface area (Å²) >= 11 is 3.31. The summed E-state index contributed by atoms with van der Waals surface area (Å²) in [5.41, 5.74) is 0. The average molecular weight is 242 g/mol. The van der Waals surface area contributed by atoms with Gasteiger partial charge in [0.1, 0.15) is 0 Å². The van der Waals surface area contributed by atoms with E-state index in [9.17, 15) is 0 Å². The van der Waals surface area contributed by atoms with Crippen LogP contribution in [0.1, 0.15) is 5.82 Å². The Balaban J connectivity index is 2.49. The van der Waals surface area contributed by atoms with Crippen LogP contribution in [0, 0.1) is 0 Å². The highest BCUT2D eigenvalue weighted by Gasteiger charge is 2.02. The molecule has 2 aromatic rings. The lowest BCUT2D eigenvalue weighted by molar-refractivity contribution is 0.752. The molecule has 0 aromatic carbocycles. The molecule has 68 valence electrons. The van der Waals surface area contributed by atoms with E-state index in [4.69, 9.17) is 0 Å². The second kappa shape index (κ2) is 3.39. The minimum absolute atomic E-state index is 0.619. The Morgan fingerprint density at radius 2 is 2.46 bits per heavy atom. The van der Waals surface area contributed by atoms with Gasteiger partial charge in [0.25, 0.3) is 5.78 Å². The fourth-order valence-corrected chi connectivity index (χ4v) is 1.33. The Bertz CT molecular complexity index is 424. The Hall–Kier alpha value is -1.01. The number of halogens is 1. The van der Waals surface area contributed by atoms with E-state index in [1.807, 2.05) is 13.2 Å². The van der Waals surface area contributed by atoms with Gasteiger partial charge in [0.2, 0.25) is 0 Å². The standard InChI is InChI=1S/C7H8BrN5/c1-9-3-6-11-7-10-2-5(8)4-13(7)12-6/h2,4,9H,3H2,1H3. The van der Waals surface area contributed by atoms with E-state index in [-0.39, 0.29) is 0 Å². The molecule has 0 aliphatic carbocycles. The van der Waals surface area contributed by atoms with Crippen LogP contribution in [0.5, 0.6) is 0 Å². The average Bonchev–Trinajstić information content (AvgIpc) is 2.46. The molecule has 13 heavy (non-hydrogen) atoms. The van der Waals surface area contributed by atoms with Crippen molar-refractivity contribution in [3.63, 3.8) is 0 Å². The van der Waals surface area contributed by atoms with Crippen LogP contribution in [0.3, 0.4) is 0 Å². The van der Waals surface area contributed by atoms with Crippen LogP contribution in [0.15, 0.2) is 16.9 Å². The quantitative estimate of drug-likeness (QED) is 0.838. The van der Waals surface area contributed by atoms with Gasteiger partial charge in [0.15, 0.2) is 5.82 Å². The minimum atomic E-state index is 0.619. The summed E-state index contributed by atoms with van der Waals surface area (Å²) in [6.45, 7) is 0.654. The highest BCUT2D eigenvalue weighted by Crippen LogP contribution is 2.07. The molecule has 0 spiro atoms. The summed E-state index contributed by atoms with van der Waals surface area (Å²) in [4.78, 5) is 8.30. The normalized spacial score (nSPS) is 10.9. The maximum absolute atomic E-state index is 4.21. The molecule has 1 N–H and O–H groups in total. The molecule has 0 amide bonds. The monoisotopic (exact) mass is 241 g/mol. The summed E-state index contributed by atoms with van der Waals surface area (Å²) in [6.07, 6.45) is 3.53. The van der Waals surface area contributed by atoms with Crippen LogP contribution >= 0.6 is 15.9 Å². The molecule has 2 heterocycles. The summed E-state index contributed by atoms with van der Waals surface area (Å²) in [5.74, 6) is 1.36. The summed E-state index contributed by atoms with van der Waals surface area (Å²) in [5, 5.41) is 7.20. The van der Waals surface area contributed by atoms with Crippen LogP contribution < -0.4 is 5.32 Å². The molecule has 0 bridgehead atoms. The maximum Gasteiger partial charge on any atom is 0.252 e. The molecule has 0 radical (unpaired) electrons. The molecule has 0 unspecified atom stereocenters. The van der Waals surface area contributed by atoms with Gasteiger partial charge in [-0.05, 0) is 23.0 Å². The first kappa shape index (κ1) is 8.58. The fraction of sp³-hybridized carbons (Fsp3) is 0.286. The third kappa shape index (κ3) is 1.68. The zero-order valence-corrected chi connectivity index (χ0v) is 8.61. The maximum atomic E-state index is 4.21. The third-order valence-corrected chi connectivity index (χ3v) is 1.95. The van der Waals surface area contributed by atoms with E-state index in [1.165, 1.54) is 0 Å². The number of hydrogen-bond donors (Lipinski definition) is 1. The Kier molecular flexibility index (Phi) is 2.24. The molecule has 0 atom stereocenters. The summed E-state index contributed by atoms with van der Waals surface area (Å²) in [6, 6.07) is 0. The first-order valence-corrected chi connectivity index (χ1v) is 4.60. The van der Waals surface area contributed by atoms with Gasteiger partial charge >= 0.3 is 0 Å². The van der Waals surface area contributed by atoms with Crippen molar-refractivity contribution < 1.29 is 0 Å². The predicted molar refractivity (Wildman–Crippen MR) is 51.2 cm³/mol. The smallest absolute Gasteiger partial charge is 0.252 e. The Morgan fingerprint density at radius 1 is 1.62 bits per heavy atom. The second-order valence-corrected chi connectivity index (χ2v) is 3.49. The lowest BCUT2D eigenvalue weighted by atomic mass is 10.6. The first-order chi connectivity index (χ1) is 6.29. The van der Waals surface area contributed by atoms with Gasteiger partial charge in [-0.3, -0.25) is 0 Å². The third-order valence-electron chi connectivity index (χ3n) is 1.54. The van der Waals surface area contributed by atoms with Crippen LogP contribution in [-0.4, -0.2) is 26.6 Å². The molecular formula is C7H8BrN5. The number of nitrogens with one attached hydrogen (secondary N) is 1. The van der Waals surface area contributed by atoms with Crippen molar-refractivity contribution in [2.75, 3.05) is 7.05 Å². The van der Waals surface area contributed by atoms with Gasteiger partial charge in [0, 0.05) is 12.4 Å².